The van der Waals surface area contributed by atoms with E-state index in [1.54, 1.807) is 16.5 Å². The number of benzene rings is 1. The van der Waals surface area contributed by atoms with Crippen molar-refractivity contribution in [2.24, 2.45) is 11.3 Å². The van der Waals surface area contributed by atoms with Gasteiger partial charge in [0.15, 0.2) is 0 Å². The minimum absolute atomic E-state index is 0.0610. The summed E-state index contributed by atoms with van der Waals surface area (Å²) in [5.41, 5.74) is 2.36. The first-order chi connectivity index (χ1) is 18.8. The molecule has 220 valence electrons. The van der Waals surface area contributed by atoms with E-state index in [-0.39, 0.29) is 18.0 Å². The van der Waals surface area contributed by atoms with Crippen LogP contribution in [0.5, 0.6) is 0 Å². The standard InChI is InChI=1S/C10H17N3O.C8H11N3O.C7H7NO.C5H12/c1-8-4-9(5-11)13(6-8)10(14)7-12(2)3;1-6(5-12)11-4-8(9-10-11)7-2-3-7;9-6-8-7-4-2-1-3-5-7;1-5(2,3)4/h8-9H,4,6-7H2,1-3H3;4-7H,2-3H2,1H3;1-6H,(H,8,9);1-4H3. The first-order valence-corrected chi connectivity index (χ1v) is 13.7. The molecule has 3 atom stereocenters. The molecular weight excluding hydrogens is 506 g/mol. The zero-order valence-corrected chi connectivity index (χ0v) is 25.4. The number of nitrogens with one attached hydrogen (secondary N) is 1. The van der Waals surface area contributed by atoms with Crippen molar-refractivity contribution in [2.75, 3.05) is 32.5 Å². The van der Waals surface area contributed by atoms with Gasteiger partial charge in [-0.05, 0) is 63.7 Å². The van der Waals surface area contributed by atoms with Crippen LogP contribution in [0.15, 0.2) is 36.5 Å². The highest BCUT2D eigenvalue weighted by atomic mass is 16.2. The molecule has 1 aliphatic carbocycles. The summed E-state index contributed by atoms with van der Waals surface area (Å²) in [6.07, 6.45) is 6.65. The zero-order chi connectivity index (χ0) is 30.3. The van der Waals surface area contributed by atoms with Gasteiger partial charge in [0, 0.05) is 24.3 Å². The quantitative estimate of drug-likeness (QED) is 0.500. The highest BCUT2D eigenvalue weighted by Gasteiger charge is 2.32. The van der Waals surface area contributed by atoms with Crippen molar-refractivity contribution in [2.45, 2.75) is 78.8 Å². The Balaban J connectivity index is 0.000000281. The molecule has 10 nitrogen and oxygen atoms in total. The summed E-state index contributed by atoms with van der Waals surface area (Å²) in [5, 5.41) is 19.3. The molecule has 1 aliphatic heterocycles. The smallest absolute Gasteiger partial charge is 0.237 e. The lowest BCUT2D eigenvalue weighted by Gasteiger charge is -2.21. The number of rotatable bonds is 7. The van der Waals surface area contributed by atoms with Gasteiger partial charge < -0.3 is 19.9 Å². The summed E-state index contributed by atoms with van der Waals surface area (Å²) in [4.78, 5) is 35.5. The van der Waals surface area contributed by atoms with Gasteiger partial charge in [-0.2, -0.15) is 5.26 Å². The lowest BCUT2D eigenvalue weighted by molar-refractivity contribution is -0.131. The van der Waals surface area contributed by atoms with Crippen LogP contribution in [-0.4, -0.2) is 76.6 Å². The predicted octanol–water partition coefficient (Wildman–Crippen LogP) is 4.53. The maximum Gasteiger partial charge on any atom is 0.237 e. The van der Waals surface area contributed by atoms with E-state index in [0.29, 0.717) is 30.2 Å². The van der Waals surface area contributed by atoms with Crippen molar-refractivity contribution in [1.29, 1.82) is 5.26 Å². The minimum Gasteiger partial charge on any atom is -0.329 e. The minimum atomic E-state index is -0.211. The van der Waals surface area contributed by atoms with E-state index in [1.165, 1.54) is 12.8 Å². The van der Waals surface area contributed by atoms with Gasteiger partial charge in [0.25, 0.3) is 0 Å². The average molecular weight is 554 g/mol. The third-order valence-corrected chi connectivity index (χ3v) is 5.57. The Kier molecular flexibility index (Phi) is 14.8. The number of anilines is 1. The summed E-state index contributed by atoms with van der Waals surface area (Å²) in [6, 6.07) is 11.1. The topological polar surface area (TPSA) is 124 Å². The molecule has 1 aromatic carbocycles. The van der Waals surface area contributed by atoms with Gasteiger partial charge in [-0.1, -0.05) is 58.0 Å². The summed E-state index contributed by atoms with van der Waals surface area (Å²) < 4.78 is 1.61. The lowest BCUT2D eigenvalue weighted by atomic mass is 10.0. The van der Waals surface area contributed by atoms with Crippen LogP contribution in [0.25, 0.3) is 0 Å². The summed E-state index contributed by atoms with van der Waals surface area (Å²) >= 11 is 0. The second-order valence-electron chi connectivity index (χ2n) is 12.2. The Morgan fingerprint density at radius 2 is 1.80 bits per heavy atom. The molecule has 3 unspecified atom stereocenters. The summed E-state index contributed by atoms with van der Waals surface area (Å²) in [6.45, 7) is 13.8. The molecule has 1 N–H and O–H groups in total. The van der Waals surface area contributed by atoms with Crippen LogP contribution in [0.2, 0.25) is 0 Å². The number of amides is 2. The number of carbonyl (C=O) groups excluding carboxylic acids is 3. The monoisotopic (exact) mass is 553 g/mol. The molecule has 1 saturated heterocycles. The van der Waals surface area contributed by atoms with Crippen LogP contribution in [0, 0.1) is 22.7 Å². The third-order valence-electron chi connectivity index (χ3n) is 5.57. The highest BCUT2D eigenvalue weighted by molar-refractivity contribution is 5.79. The zero-order valence-electron chi connectivity index (χ0n) is 25.4. The molecule has 0 radical (unpaired) electrons. The van der Waals surface area contributed by atoms with Gasteiger partial charge in [0.05, 0.1) is 18.3 Å². The van der Waals surface area contributed by atoms with Crippen molar-refractivity contribution in [3.63, 3.8) is 0 Å². The van der Waals surface area contributed by atoms with Crippen LogP contribution in [-0.2, 0) is 14.4 Å². The maximum atomic E-state index is 11.7. The predicted molar refractivity (Wildman–Crippen MR) is 157 cm³/mol. The van der Waals surface area contributed by atoms with E-state index in [1.807, 2.05) is 55.5 Å². The van der Waals surface area contributed by atoms with Crippen LogP contribution in [0.4, 0.5) is 5.69 Å². The van der Waals surface area contributed by atoms with E-state index >= 15 is 0 Å². The maximum absolute atomic E-state index is 11.7. The first-order valence-electron chi connectivity index (χ1n) is 13.7. The summed E-state index contributed by atoms with van der Waals surface area (Å²) in [7, 11) is 3.72. The van der Waals surface area contributed by atoms with Gasteiger partial charge >= 0.3 is 0 Å². The van der Waals surface area contributed by atoms with E-state index < -0.39 is 0 Å². The number of nitriles is 1. The molecule has 0 spiro atoms. The van der Waals surface area contributed by atoms with Crippen molar-refractivity contribution in [3.8, 4) is 6.07 Å². The highest BCUT2D eigenvalue weighted by Crippen LogP contribution is 2.38. The number of nitrogens with zero attached hydrogens (tertiary/aromatic N) is 6. The van der Waals surface area contributed by atoms with Crippen LogP contribution < -0.4 is 5.32 Å². The Morgan fingerprint density at radius 1 is 1.20 bits per heavy atom. The molecule has 2 amide bonds. The number of aldehydes is 1. The second kappa shape index (κ2) is 17.2. The molecule has 1 aromatic heterocycles. The molecule has 10 heteroatoms. The fraction of sp³-hybridized carbons (Fsp3) is 0.600. The Hall–Kier alpha value is -3.58. The number of hydrogen-bond donors (Lipinski definition) is 1. The molecule has 0 bridgehead atoms. The third kappa shape index (κ3) is 14.5. The van der Waals surface area contributed by atoms with Crippen molar-refractivity contribution in [3.05, 3.63) is 42.2 Å². The van der Waals surface area contributed by atoms with E-state index in [2.05, 4.69) is 56.3 Å². The molecule has 2 aromatic rings. The average Bonchev–Trinajstić information content (AvgIpc) is 3.48. The van der Waals surface area contributed by atoms with Crippen LogP contribution in [0.3, 0.4) is 0 Å². The van der Waals surface area contributed by atoms with Gasteiger partial charge in [0.2, 0.25) is 12.3 Å². The molecule has 2 fully saturated rings. The fourth-order valence-electron chi connectivity index (χ4n) is 3.53. The summed E-state index contributed by atoms with van der Waals surface area (Å²) in [5.74, 6) is 1.12. The number of hydrogen-bond acceptors (Lipinski definition) is 7. The Morgan fingerprint density at radius 3 is 2.27 bits per heavy atom. The van der Waals surface area contributed by atoms with Gasteiger partial charge in [-0.25, -0.2) is 4.68 Å². The largest absolute Gasteiger partial charge is 0.329 e. The normalized spacial score (nSPS) is 18.4. The van der Waals surface area contributed by atoms with Crippen molar-refractivity contribution < 1.29 is 14.4 Å². The molecule has 1 saturated carbocycles. The van der Waals surface area contributed by atoms with E-state index in [4.69, 9.17) is 5.26 Å². The van der Waals surface area contributed by atoms with Crippen molar-refractivity contribution >= 4 is 24.3 Å². The molecular formula is C30H47N7O3. The van der Waals surface area contributed by atoms with E-state index in [9.17, 15) is 14.4 Å². The van der Waals surface area contributed by atoms with Crippen molar-refractivity contribution in [1.82, 2.24) is 24.8 Å². The lowest BCUT2D eigenvalue weighted by Crippen LogP contribution is -2.40. The molecule has 40 heavy (non-hydrogen) atoms. The van der Waals surface area contributed by atoms with Gasteiger partial charge in [0.1, 0.15) is 18.4 Å². The molecule has 2 aliphatic rings. The van der Waals surface area contributed by atoms with E-state index in [0.717, 1.165) is 30.6 Å². The number of likely N-dealkylation sites (N-methyl/N-ethyl adjacent to an activating group) is 1. The SMILES string of the molecule is CC(C)(C)C.CC(C=O)n1cc(C2CC2)nn1.CC1CC(C#N)N(C(=O)CN(C)C)C1.O=CNc1ccccc1. The van der Waals surface area contributed by atoms with Crippen LogP contribution >= 0.6 is 0 Å². The van der Waals surface area contributed by atoms with Crippen LogP contribution in [0.1, 0.15) is 78.5 Å². The number of aromatic nitrogens is 3. The van der Waals surface area contributed by atoms with Gasteiger partial charge in [-0.3, -0.25) is 9.59 Å². The Bertz CT molecular complexity index is 1060. The molecule has 4 rings (SSSR count). The Labute approximate surface area is 239 Å². The number of likely N-dealkylation sites (tertiary alicyclic amines) is 1. The fourth-order valence-corrected chi connectivity index (χ4v) is 3.53. The number of para-hydroxylation sites is 1. The molecule has 2 heterocycles. The van der Waals surface area contributed by atoms with Gasteiger partial charge in [-0.15, -0.1) is 5.10 Å². The first kappa shape index (κ1) is 34.4. The second-order valence-corrected chi connectivity index (χ2v) is 12.2. The number of carbonyl (C=O) groups is 3.